The molecule has 0 bridgehead atoms. The van der Waals surface area contributed by atoms with Crippen LogP contribution in [0.2, 0.25) is 0 Å². The summed E-state index contributed by atoms with van der Waals surface area (Å²) in [6, 6.07) is 5.46. The van der Waals surface area contributed by atoms with Crippen molar-refractivity contribution in [2.24, 2.45) is 0 Å². The number of methoxy groups -OCH3 is 1. The largest absolute Gasteiger partial charge is 0.378 e. The predicted octanol–water partition coefficient (Wildman–Crippen LogP) is 1.27. The van der Waals surface area contributed by atoms with Crippen LogP contribution in [0, 0.1) is 0 Å². The number of fused-ring (bicyclic) bond motifs is 1. The van der Waals surface area contributed by atoms with Gasteiger partial charge in [-0.25, -0.2) is 9.97 Å². The van der Waals surface area contributed by atoms with Crippen molar-refractivity contribution in [1.82, 2.24) is 19.9 Å². The Balaban J connectivity index is 1.92. The minimum Gasteiger partial charge on any atom is -0.378 e. The first-order valence-corrected chi connectivity index (χ1v) is 8.96. The van der Waals surface area contributed by atoms with Crippen LogP contribution >= 0.6 is 11.3 Å². The van der Waals surface area contributed by atoms with Crippen molar-refractivity contribution < 1.29 is 4.74 Å². The van der Waals surface area contributed by atoms with E-state index in [4.69, 9.17) is 4.74 Å². The summed E-state index contributed by atoms with van der Waals surface area (Å²) >= 11 is 1.52. The lowest BCUT2D eigenvalue weighted by Crippen LogP contribution is -2.37. The highest BCUT2D eigenvalue weighted by molar-refractivity contribution is 7.12. The second-order valence-corrected chi connectivity index (χ2v) is 6.84. The molecule has 0 aliphatic carbocycles. The molecule has 2 atom stereocenters. The van der Waals surface area contributed by atoms with Gasteiger partial charge in [-0.15, -0.1) is 11.3 Å². The summed E-state index contributed by atoms with van der Waals surface area (Å²) in [5.74, 6) is 0.797. The van der Waals surface area contributed by atoms with Gasteiger partial charge in [-0.2, -0.15) is 0 Å². The maximum Gasteiger partial charge on any atom is 0.196 e. The molecule has 1 aliphatic heterocycles. The molecule has 130 valence electrons. The predicted molar refractivity (Wildman–Crippen MR) is 98.9 cm³/mol. The Kier molecular flexibility index (Phi) is 4.24. The van der Waals surface area contributed by atoms with Crippen LogP contribution in [0.15, 0.2) is 40.8 Å². The van der Waals surface area contributed by atoms with Crippen LogP contribution in [0.4, 0.5) is 5.82 Å². The molecule has 4 heterocycles. The zero-order chi connectivity index (χ0) is 17.4. The number of nitrogens with zero attached hydrogens (tertiary/aromatic N) is 4. The summed E-state index contributed by atoms with van der Waals surface area (Å²) in [4.78, 5) is 23.7. The Morgan fingerprint density at radius 2 is 2.20 bits per heavy atom. The van der Waals surface area contributed by atoms with Crippen molar-refractivity contribution >= 4 is 28.2 Å². The minimum absolute atomic E-state index is 0.0345. The van der Waals surface area contributed by atoms with E-state index >= 15 is 0 Å². The van der Waals surface area contributed by atoms with Gasteiger partial charge in [0.15, 0.2) is 16.2 Å². The number of ether oxygens (including phenoxy) is 1. The highest BCUT2D eigenvalue weighted by atomic mass is 32.1. The topological polar surface area (TPSA) is 72.3 Å². The fraction of sp³-hybridized carbons (Fsp3) is 0.353. The van der Waals surface area contributed by atoms with Crippen LogP contribution < -0.4 is 15.6 Å². The number of pyridine rings is 2. The van der Waals surface area contributed by atoms with E-state index in [0.29, 0.717) is 17.6 Å². The molecule has 1 saturated heterocycles. The molecule has 0 spiro atoms. The first-order valence-electron chi connectivity index (χ1n) is 8.08. The van der Waals surface area contributed by atoms with Gasteiger partial charge >= 0.3 is 0 Å². The standard InChI is InChI=1S/C17H19N5O2S/c1-18-12-9-21(10-14(12)24-2)15-8-13(23)11-4-3-5-19-16(11)22(15)17-20-6-7-25-17/h3-8,12,14,18H,9-10H2,1-2H3/t12-,14-/m0/s1. The molecule has 1 aliphatic rings. The smallest absolute Gasteiger partial charge is 0.196 e. The third-order valence-electron chi connectivity index (χ3n) is 4.63. The van der Waals surface area contributed by atoms with Gasteiger partial charge in [0.05, 0.1) is 17.5 Å². The molecule has 1 N–H and O–H groups in total. The van der Waals surface area contributed by atoms with E-state index in [0.717, 1.165) is 17.5 Å². The van der Waals surface area contributed by atoms with Crippen molar-refractivity contribution in [3.05, 3.63) is 46.2 Å². The molecular weight excluding hydrogens is 338 g/mol. The van der Waals surface area contributed by atoms with Gasteiger partial charge < -0.3 is 15.0 Å². The third-order valence-corrected chi connectivity index (χ3v) is 5.38. The number of aromatic nitrogens is 3. The SMILES string of the molecule is CN[C@H]1CN(c2cc(=O)c3cccnc3n2-c2nccs2)C[C@@H]1OC. The Hall–Kier alpha value is -2.29. The lowest BCUT2D eigenvalue weighted by Gasteiger charge is -2.23. The Morgan fingerprint density at radius 3 is 2.88 bits per heavy atom. The van der Waals surface area contributed by atoms with Crippen molar-refractivity contribution in [2.75, 3.05) is 32.1 Å². The van der Waals surface area contributed by atoms with Crippen molar-refractivity contribution in [3.63, 3.8) is 0 Å². The monoisotopic (exact) mass is 357 g/mol. The van der Waals surface area contributed by atoms with E-state index in [1.54, 1.807) is 37.7 Å². The van der Waals surface area contributed by atoms with E-state index in [9.17, 15) is 4.79 Å². The first kappa shape index (κ1) is 16.2. The fourth-order valence-corrected chi connectivity index (χ4v) is 4.01. The van der Waals surface area contributed by atoms with E-state index in [1.165, 1.54) is 11.3 Å². The van der Waals surface area contributed by atoms with Gasteiger partial charge in [0, 0.05) is 44.0 Å². The minimum atomic E-state index is -0.0345. The average Bonchev–Trinajstić information content (AvgIpc) is 3.31. The average molecular weight is 357 g/mol. The second-order valence-electron chi connectivity index (χ2n) is 5.97. The molecule has 0 saturated carbocycles. The number of hydrogen-bond donors (Lipinski definition) is 1. The summed E-state index contributed by atoms with van der Waals surface area (Å²) in [5.41, 5.74) is 0.592. The molecule has 25 heavy (non-hydrogen) atoms. The maximum atomic E-state index is 12.6. The molecule has 7 nitrogen and oxygen atoms in total. The summed E-state index contributed by atoms with van der Waals surface area (Å²) in [5, 5.41) is 6.59. The van der Waals surface area contributed by atoms with Crippen molar-refractivity contribution in [3.8, 4) is 5.13 Å². The van der Waals surface area contributed by atoms with Gasteiger partial charge in [-0.1, -0.05) is 0 Å². The van der Waals surface area contributed by atoms with Crippen LogP contribution in [0.3, 0.4) is 0 Å². The summed E-state index contributed by atoms with van der Waals surface area (Å²) in [6.45, 7) is 1.45. The van der Waals surface area contributed by atoms with Crippen LogP contribution in [-0.2, 0) is 4.74 Å². The zero-order valence-electron chi connectivity index (χ0n) is 14.0. The van der Waals surface area contributed by atoms with E-state index in [1.807, 2.05) is 17.0 Å². The summed E-state index contributed by atoms with van der Waals surface area (Å²) < 4.78 is 7.56. The van der Waals surface area contributed by atoms with Gasteiger partial charge in [0.2, 0.25) is 0 Å². The summed E-state index contributed by atoms with van der Waals surface area (Å²) in [7, 11) is 3.64. The van der Waals surface area contributed by atoms with Crippen molar-refractivity contribution in [2.45, 2.75) is 12.1 Å². The van der Waals surface area contributed by atoms with Crippen LogP contribution in [0.1, 0.15) is 0 Å². The number of nitrogens with one attached hydrogen (secondary N) is 1. The summed E-state index contributed by atoms with van der Waals surface area (Å²) in [6.07, 6.45) is 3.52. The molecule has 1 fully saturated rings. The van der Waals surface area contributed by atoms with Gasteiger partial charge in [0.1, 0.15) is 5.82 Å². The van der Waals surface area contributed by atoms with Gasteiger partial charge in [-0.3, -0.25) is 9.36 Å². The third kappa shape index (κ3) is 2.72. The molecule has 0 radical (unpaired) electrons. The molecule has 0 unspecified atom stereocenters. The molecule has 3 aromatic heterocycles. The zero-order valence-corrected chi connectivity index (χ0v) is 14.9. The molecule has 0 aromatic carbocycles. The van der Waals surface area contributed by atoms with E-state index in [-0.39, 0.29) is 17.6 Å². The highest BCUT2D eigenvalue weighted by Crippen LogP contribution is 2.28. The van der Waals surface area contributed by atoms with Gasteiger partial charge in [0.25, 0.3) is 0 Å². The highest BCUT2D eigenvalue weighted by Gasteiger charge is 2.33. The Morgan fingerprint density at radius 1 is 1.32 bits per heavy atom. The number of rotatable bonds is 4. The molecule has 3 aromatic rings. The first-order chi connectivity index (χ1) is 12.2. The lowest BCUT2D eigenvalue weighted by molar-refractivity contribution is 0.0996. The fourth-order valence-electron chi connectivity index (χ4n) is 3.36. The maximum absolute atomic E-state index is 12.6. The van der Waals surface area contributed by atoms with E-state index < -0.39 is 0 Å². The molecule has 0 amide bonds. The number of thiazole rings is 1. The number of anilines is 1. The molecule has 4 rings (SSSR count). The van der Waals surface area contributed by atoms with Crippen molar-refractivity contribution in [1.29, 1.82) is 0 Å². The van der Waals surface area contributed by atoms with E-state index in [2.05, 4.69) is 20.2 Å². The lowest BCUT2D eigenvalue weighted by atomic mass is 10.2. The van der Waals surface area contributed by atoms with Crippen LogP contribution in [0.5, 0.6) is 0 Å². The normalized spacial score (nSPS) is 20.5. The van der Waals surface area contributed by atoms with Crippen LogP contribution in [0.25, 0.3) is 16.2 Å². The quantitative estimate of drug-likeness (QED) is 0.758. The second kappa shape index (κ2) is 6.55. The number of hydrogen-bond acceptors (Lipinski definition) is 7. The Bertz CT molecular complexity index is 928. The van der Waals surface area contributed by atoms with Gasteiger partial charge in [-0.05, 0) is 19.2 Å². The number of likely N-dealkylation sites (N-methyl/N-ethyl adjacent to an activating group) is 1. The molecular formula is C17H19N5O2S. The Labute approximate surface area is 148 Å². The molecule has 8 heteroatoms. The van der Waals surface area contributed by atoms with Crippen LogP contribution in [-0.4, -0.2) is 53.9 Å².